The topological polar surface area (TPSA) is 0 Å². The van der Waals surface area contributed by atoms with Gasteiger partial charge in [0.25, 0.3) is 0 Å². The average Bonchev–Trinajstić information content (AvgIpc) is 2.13. The Hall–Kier alpha value is 0.290. The molecule has 0 spiro atoms. The van der Waals surface area contributed by atoms with Crippen LogP contribution in [0.25, 0.3) is 0 Å². The minimum absolute atomic E-state index is 0.427. The lowest BCUT2D eigenvalue weighted by Gasteiger charge is -2.40. The molecule has 0 amide bonds. The lowest BCUT2D eigenvalue weighted by molar-refractivity contribution is 0.133. The molecule has 0 N–H and O–H groups in total. The first-order valence-corrected chi connectivity index (χ1v) is 7.67. The van der Waals surface area contributed by atoms with Crippen molar-refractivity contribution in [1.29, 1.82) is 0 Å². The fourth-order valence-electron chi connectivity index (χ4n) is 2.93. The second-order valence-electron chi connectivity index (χ2n) is 8.25. The molecule has 0 aliphatic heterocycles. The van der Waals surface area contributed by atoms with E-state index in [1.54, 1.807) is 0 Å². The van der Waals surface area contributed by atoms with Crippen molar-refractivity contribution in [3.05, 3.63) is 0 Å². The van der Waals surface area contributed by atoms with Crippen LogP contribution in [-0.4, -0.2) is 5.38 Å². The SMILES string of the molecule is CC(C)(C)CCC1CC(C(C)(C)C)CCC1Cl. The summed E-state index contributed by atoms with van der Waals surface area (Å²) in [6.45, 7) is 14.1. The third-order valence-electron chi connectivity index (χ3n) is 4.38. The van der Waals surface area contributed by atoms with Crippen molar-refractivity contribution in [1.82, 2.24) is 0 Å². The Morgan fingerprint density at radius 1 is 1.00 bits per heavy atom. The molecule has 1 fully saturated rings. The molecule has 0 aromatic carbocycles. The van der Waals surface area contributed by atoms with Gasteiger partial charge in [0.05, 0.1) is 0 Å². The van der Waals surface area contributed by atoms with E-state index < -0.39 is 0 Å². The van der Waals surface area contributed by atoms with Crippen LogP contribution in [0.1, 0.15) is 73.6 Å². The van der Waals surface area contributed by atoms with E-state index in [0.717, 1.165) is 11.8 Å². The Labute approximate surface area is 114 Å². The highest BCUT2D eigenvalue weighted by molar-refractivity contribution is 6.20. The first-order valence-electron chi connectivity index (χ1n) is 7.24. The molecule has 0 saturated heterocycles. The molecule has 0 radical (unpaired) electrons. The van der Waals surface area contributed by atoms with Gasteiger partial charge in [-0.2, -0.15) is 0 Å². The number of halogens is 1. The van der Waals surface area contributed by atoms with Crippen molar-refractivity contribution in [2.75, 3.05) is 0 Å². The van der Waals surface area contributed by atoms with Gasteiger partial charge >= 0.3 is 0 Å². The Balaban J connectivity index is 2.52. The summed E-state index contributed by atoms with van der Waals surface area (Å²) in [6, 6.07) is 0. The summed E-state index contributed by atoms with van der Waals surface area (Å²) in [5.41, 5.74) is 0.905. The summed E-state index contributed by atoms with van der Waals surface area (Å²) in [5, 5.41) is 0.427. The highest BCUT2D eigenvalue weighted by atomic mass is 35.5. The highest BCUT2D eigenvalue weighted by Gasteiger charge is 2.35. The van der Waals surface area contributed by atoms with E-state index in [1.165, 1.54) is 32.1 Å². The molecule has 17 heavy (non-hydrogen) atoms. The van der Waals surface area contributed by atoms with E-state index in [2.05, 4.69) is 41.5 Å². The Morgan fingerprint density at radius 3 is 2.06 bits per heavy atom. The van der Waals surface area contributed by atoms with E-state index in [4.69, 9.17) is 11.6 Å². The molecular weight excluding hydrogens is 228 g/mol. The fourth-order valence-corrected chi connectivity index (χ4v) is 3.29. The standard InChI is InChI=1S/C16H31Cl/c1-15(2,3)10-9-12-11-13(16(4,5)6)7-8-14(12)17/h12-14H,7-11H2,1-6H3. The van der Waals surface area contributed by atoms with Crippen LogP contribution in [0.3, 0.4) is 0 Å². The second-order valence-corrected chi connectivity index (χ2v) is 8.81. The molecule has 1 aliphatic carbocycles. The number of hydrogen-bond donors (Lipinski definition) is 0. The summed E-state index contributed by atoms with van der Waals surface area (Å²) in [5.74, 6) is 1.61. The van der Waals surface area contributed by atoms with E-state index in [1.807, 2.05) is 0 Å². The molecule has 1 rings (SSSR count). The Morgan fingerprint density at radius 2 is 1.59 bits per heavy atom. The summed E-state index contributed by atoms with van der Waals surface area (Å²) in [6.07, 6.45) is 6.50. The molecule has 102 valence electrons. The van der Waals surface area contributed by atoms with Crippen LogP contribution in [0.4, 0.5) is 0 Å². The molecule has 1 saturated carbocycles. The third-order valence-corrected chi connectivity index (χ3v) is 4.95. The predicted octanol–water partition coefficient (Wildman–Crippen LogP) is 5.88. The molecule has 1 heteroatoms. The van der Waals surface area contributed by atoms with Crippen molar-refractivity contribution < 1.29 is 0 Å². The van der Waals surface area contributed by atoms with Crippen LogP contribution in [0, 0.1) is 22.7 Å². The van der Waals surface area contributed by atoms with E-state index in [-0.39, 0.29) is 0 Å². The van der Waals surface area contributed by atoms with Crippen molar-refractivity contribution in [3.8, 4) is 0 Å². The maximum Gasteiger partial charge on any atom is 0.0364 e. The zero-order valence-corrected chi connectivity index (χ0v) is 13.4. The van der Waals surface area contributed by atoms with Gasteiger partial charge in [0.15, 0.2) is 0 Å². The van der Waals surface area contributed by atoms with E-state index in [0.29, 0.717) is 16.2 Å². The number of alkyl halides is 1. The quantitative estimate of drug-likeness (QED) is 0.543. The normalized spacial score (nSPS) is 31.6. The van der Waals surface area contributed by atoms with Gasteiger partial charge in [0.2, 0.25) is 0 Å². The minimum Gasteiger partial charge on any atom is -0.123 e. The van der Waals surface area contributed by atoms with Gasteiger partial charge < -0.3 is 0 Å². The van der Waals surface area contributed by atoms with Crippen molar-refractivity contribution >= 4 is 11.6 Å². The Kier molecular flexibility index (Phi) is 4.97. The molecule has 0 nitrogen and oxygen atoms in total. The molecule has 1 aliphatic rings. The number of hydrogen-bond acceptors (Lipinski definition) is 0. The monoisotopic (exact) mass is 258 g/mol. The average molecular weight is 259 g/mol. The lowest BCUT2D eigenvalue weighted by atomic mass is 9.67. The van der Waals surface area contributed by atoms with E-state index >= 15 is 0 Å². The summed E-state index contributed by atoms with van der Waals surface area (Å²) >= 11 is 6.53. The fraction of sp³-hybridized carbons (Fsp3) is 1.00. The van der Waals surface area contributed by atoms with Crippen LogP contribution >= 0.6 is 11.6 Å². The minimum atomic E-state index is 0.427. The maximum absolute atomic E-state index is 6.53. The van der Waals surface area contributed by atoms with Gasteiger partial charge in [-0.15, -0.1) is 11.6 Å². The van der Waals surface area contributed by atoms with Gasteiger partial charge in [-0.1, -0.05) is 41.5 Å². The van der Waals surface area contributed by atoms with Gasteiger partial charge in [-0.25, -0.2) is 0 Å². The van der Waals surface area contributed by atoms with Crippen molar-refractivity contribution in [2.24, 2.45) is 22.7 Å². The van der Waals surface area contributed by atoms with Crippen LogP contribution in [0.2, 0.25) is 0 Å². The van der Waals surface area contributed by atoms with Gasteiger partial charge in [-0.05, 0) is 54.8 Å². The van der Waals surface area contributed by atoms with Crippen LogP contribution in [0.15, 0.2) is 0 Å². The van der Waals surface area contributed by atoms with Crippen molar-refractivity contribution in [2.45, 2.75) is 79.0 Å². The molecule has 0 aromatic heterocycles. The van der Waals surface area contributed by atoms with Crippen LogP contribution in [0.5, 0.6) is 0 Å². The van der Waals surface area contributed by atoms with Gasteiger partial charge in [-0.3, -0.25) is 0 Å². The largest absolute Gasteiger partial charge is 0.123 e. The second kappa shape index (κ2) is 5.51. The summed E-state index contributed by atoms with van der Waals surface area (Å²) in [4.78, 5) is 0. The Bertz CT molecular complexity index is 231. The van der Waals surface area contributed by atoms with Crippen LogP contribution in [-0.2, 0) is 0 Å². The molecule has 0 aromatic rings. The summed E-state index contributed by atoms with van der Waals surface area (Å²) < 4.78 is 0. The van der Waals surface area contributed by atoms with E-state index in [9.17, 15) is 0 Å². The lowest BCUT2D eigenvalue weighted by Crippen LogP contribution is -2.32. The smallest absolute Gasteiger partial charge is 0.0364 e. The third kappa shape index (κ3) is 5.20. The summed E-state index contributed by atoms with van der Waals surface area (Å²) in [7, 11) is 0. The maximum atomic E-state index is 6.53. The molecule has 3 unspecified atom stereocenters. The van der Waals surface area contributed by atoms with Gasteiger partial charge in [0, 0.05) is 5.38 Å². The highest BCUT2D eigenvalue weighted by Crippen LogP contribution is 2.44. The molecule has 3 atom stereocenters. The van der Waals surface area contributed by atoms with Crippen LogP contribution < -0.4 is 0 Å². The number of rotatable bonds is 2. The molecule has 0 bridgehead atoms. The molecule has 0 heterocycles. The van der Waals surface area contributed by atoms with Crippen molar-refractivity contribution in [3.63, 3.8) is 0 Å². The van der Waals surface area contributed by atoms with Gasteiger partial charge in [0.1, 0.15) is 0 Å². The first-order chi connectivity index (χ1) is 7.59. The zero-order chi connectivity index (χ0) is 13.3. The first kappa shape index (κ1) is 15.3. The predicted molar refractivity (Wildman–Crippen MR) is 78.6 cm³/mol. The zero-order valence-electron chi connectivity index (χ0n) is 12.6. The molecular formula is C16H31Cl.